The fourth-order valence-corrected chi connectivity index (χ4v) is 5.58. The Hall–Kier alpha value is -3.74. The number of methoxy groups -OCH3 is 1. The molecule has 1 aromatic heterocycles. The summed E-state index contributed by atoms with van der Waals surface area (Å²) in [7, 11) is 1.62. The van der Waals surface area contributed by atoms with Gasteiger partial charge in [-0.05, 0) is 65.4 Å². The molecule has 1 aliphatic heterocycles. The van der Waals surface area contributed by atoms with Crippen molar-refractivity contribution >= 4 is 51.6 Å². The average Bonchev–Trinajstić information content (AvgIpc) is 3.44. The largest absolute Gasteiger partial charge is 0.507 e. The van der Waals surface area contributed by atoms with Gasteiger partial charge in [0, 0.05) is 34.2 Å². The number of carbonyl (C=O) groups is 2. The molecular formula is C31H28Cl2N2O4. The number of fused-ring (bicyclic) bond motifs is 1. The fourth-order valence-electron chi connectivity index (χ4n) is 5.08. The molecule has 1 fully saturated rings. The number of H-pyrrole nitrogens is 1. The Morgan fingerprint density at radius 1 is 1.05 bits per heavy atom. The molecule has 0 spiro atoms. The van der Waals surface area contributed by atoms with E-state index in [0.717, 1.165) is 33.3 Å². The minimum atomic E-state index is -0.780. The van der Waals surface area contributed by atoms with Gasteiger partial charge in [0.15, 0.2) is 0 Å². The molecule has 0 aliphatic carbocycles. The highest BCUT2D eigenvalue weighted by atomic mass is 35.5. The molecule has 5 rings (SSSR count). The SMILES string of the molecule is COc1ccc2[nH]cc(CCN3C(=O)C(=O)C(=C(O)c4ccc(Cl)cc4Cl)[C@H]3c3ccc(C(C)C)cc3)c2c1. The van der Waals surface area contributed by atoms with Crippen LogP contribution in [0.1, 0.15) is 48.1 Å². The highest BCUT2D eigenvalue weighted by Crippen LogP contribution is 2.41. The number of amides is 1. The quantitative estimate of drug-likeness (QED) is 0.141. The van der Waals surface area contributed by atoms with Gasteiger partial charge in [-0.3, -0.25) is 9.59 Å². The molecule has 1 saturated heterocycles. The number of hydrogen-bond donors (Lipinski definition) is 2. The van der Waals surface area contributed by atoms with Crippen molar-refractivity contribution in [3.63, 3.8) is 0 Å². The van der Waals surface area contributed by atoms with Gasteiger partial charge >= 0.3 is 0 Å². The Morgan fingerprint density at radius 2 is 1.79 bits per heavy atom. The van der Waals surface area contributed by atoms with Gasteiger partial charge in [-0.25, -0.2) is 0 Å². The molecule has 2 N–H and O–H groups in total. The lowest BCUT2D eigenvalue weighted by Gasteiger charge is -2.26. The van der Waals surface area contributed by atoms with E-state index in [1.807, 2.05) is 48.7 Å². The third-order valence-electron chi connectivity index (χ3n) is 7.24. The topological polar surface area (TPSA) is 82.6 Å². The number of aliphatic hydroxyl groups is 1. The van der Waals surface area contributed by atoms with Gasteiger partial charge < -0.3 is 19.7 Å². The van der Waals surface area contributed by atoms with Crippen molar-refractivity contribution < 1.29 is 19.4 Å². The van der Waals surface area contributed by atoms with Crippen molar-refractivity contribution in [2.45, 2.75) is 32.2 Å². The maximum absolute atomic E-state index is 13.4. The standard InChI is InChI=1S/C31H28Cl2N2O4/c1-17(2)18-4-6-19(7-5-18)28-27(29(36)23-10-8-21(32)14-25(23)33)30(37)31(38)35(28)13-12-20-16-34-26-11-9-22(39-3)15-24(20)26/h4-11,14-17,28,34,36H,12-13H2,1-3H3/t28-/m1/s1. The van der Waals surface area contributed by atoms with Crippen LogP contribution in [-0.4, -0.2) is 40.3 Å². The average molecular weight is 563 g/mol. The second-order valence-corrected chi connectivity index (χ2v) is 10.8. The third kappa shape index (κ3) is 5.02. The van der Waals surface area contributed by atoms with E-state index in [4.69, 9.17) is 27.9 Å². The van der Waals surface area contributed by atoms with Crippen LogP contribution in [0.2, 0.25) is 10.0 Å². The van der Waals surface area contributed by atoms with E-state index in [1.165, 1.54) is 11.0 Å². The van der Waals surface area contributed by atoms with E-state index in [-0.39, 0.29) is 28.5 Å². The zero-order chi connectivity index (χ0) is 27.8. The van der Waals surface area contributed by atoms with Crippen LogP contribution in [0.25, 0.3) is 16.7 Å². The van der Waals surface area contributed by atoms with E-state index in [0.29, 0.717) is 17.4 Å². The molecule has 2 heterocycles. The Kier molecular flexibility index (Phi) is 7.43. The molecule has 8 heteroatoms. The second-order valence-electron chi connectivity index (χ2n) is 9.91. The number of Topliss-reactive ketones (excluding diaryl/α,β-unsaturated/α-hetero) is 1. The van der Waals surface area contributed by atoms with E-state index in [2.05, 4.69) is 18.8 Å². The minimum absolute atomic E-state index is 0.00196. The molecule has 3 aromatic carbocycles. The first-order valence-electron chi connectivity index (χ1n) is 12.7. The lowest BCUT2D eigenvalue weighted by atomic mass is 9.93. The maximum atomic E-state index is 13.4. The number of aromatic nitrogens is 1. The highest BCUT2D eigenvalue weighted by Gasteiger charge is 2.46. The number of nitrogens with zero attached hydrogens (tertiary/aromatic N) is 1. The first-order chi connectivity index (χ1) is 18.7. The summed E-state index contributed by atoms with van der Waals surface area (Å²) in [6, 6.07) is 17.4. The molecule has 0 unspecified atom stereocenters. The molecular weight excluding hydrogens is 535 g/mol. The number of benzene rings is 3. The number of carbonyl (C=O) groups excluding carboxylic acids is 2. The van der Waals surface area contributed by atoms with Crippen LogP contribution in [0.4, 0.5) is 0 Å². The lowest BCUT2D eigenvalue weighted by molar-refractivity contribution is -0.139. The first-order valence-corrected chi connectivity index (χ1v) is 13.4. The predicted molar refractivity (Wildman–Crippen MR) is 155 cm³/mol. The molecule has 39 heavy (non-hydrogen) atoms. The molecule has 200 valence electrons. The van der Waals surface area contributed by atoms with Crippen molar-refractivity contribution in [3.8, 4) is 5.75 Å². The maximum Gasteiger partial charge on any atom is 0.295 e. The van der Waals surface area contributed by atoms with Crippen molar-refractivity contribution in [1.82, 2.24) is 9.88 Å². The van der Waals surface area contributed by atoms with Gasteiger partial charge in [-0.15, -0.1) is 0 Å². The van der Waals surface area contributed by atoms with Gasteiger partial charge in [-0.1, -0.05) is 61.3 Å². The summed E-state index contributed by atoms with van der Waals surface area (Å²) in [4.78, 5) is 31.6. The zero-order valence-corrected chi connectivity index (χ0v) is 23.3. The van der Waals surface area contributed by atoms with Crippen molar-refractivity contribution in [1.29, 1.82) is 0 Å². The summed E-state index contributed by atoms with van der Waals surface area (Å²) >= 11 is 12.4. The van der Waals surface area contributed by atoms with E-state index in [1.54, 1.807) is 19.2 Å². The summed E-state index contributed by atoms with van der Waals surface area (Å²) in [6.45, 7) is 4.45. The number of halogens is 2. The number of ether oxygens (including phenoxy) is 1. The molecule has 1 amide bonds. The number of rotatable bonds is 7. The number of nitrogens with one attached hydrogen (secondary N) is 1. The second kappa shape index (κ2) is 10.8. The van der Waals surface area contributed by atoms with Crippen molar-refractivity contribution in [2.24, 2.45) is 0 Å². The molecule has 1 atom stereocenters. The normalized spacial score (nSPS) is 17.0. The van der Waals surface area contributed by atoms with Gasteiger partial charge in [0.25, 0.3) is 11.7 Å². The smallest absolute Gasteiger partial charge is 0.295 e. The first kappa shape index (κ1) is 26.9. The van der Waals surface area contributed by atoms with Crippen LogP contribution in [0.3, 0.4) is 0 Å². The van der Waals surface area contributed by atoms with Crippen LogP contribution in [0.15, 0.2) is 72.4 Å². The van der Waals surface area contributed by atoms with Crippen LogP contribution in [-0.2, 0) is 16.0 Å². The highest BCUT2D eigenvalue weighted by molar-refractivity contribution is 6.47. The summed E-state index contributed by atoms with van der Waals surface area (Å²) < 4.78 is 5.38. The van der Waals surface area contributed by atoms with Gasteiger partial charge in [0.1, 0.15) is 11.5 Å². The zero-order valence-electron chi connectivity index (χ0n) is 21.8. The Balaban J connectivity index is 1.58. The van der Waals surface area contributed by atoms with Crippen molar-refractivity contribution in [2.75, 3.05) is 13.7 Å². The van der Waals surface area contributed by atoms with E-state index < -0.39 is 17.7 Å². The summed E-state index contributed by atoms with van der Waals surface area (Å²) in [5.74, 6) is -0.702. The molecule has 6 nitrogen and oxygen atoms in total. The van der Waals surface area contributed by atoms with Crippen LogP contribution in [0, 0.1) is 0 Å². The molecule has 0 radical (unpaired) electrons. The molecule has 0 saturated carbocycles. The lowest BCUT2D eigenvalue weighted by Crippen LogP contribution is -2.31. The molecule has 0 bridgehead atoms. The minimum Gasteiger partial charge on any atom is -0.507 e. The molecule has 1 aliphatic rings. The Morgan fingerprint density at radius 3 is 2.46 bits per heavy atom. The number of hydrogen-bond acceptors (Lipinski definition) is 4. The van der Waals surface area contributed by atoms with Gasteiger partial charge in [0.2, 0.25) is 0 Å². The van der Waals surface area contributed by atoms with Crippen LogP contribution in [0.5, 0.6) is 5.75 Å². The predicted octanol–water partition coefficient (Wildman–Crippen LogP) is 7.27. The molecule has 4 aromatic rings. The number of aliphatic hydroxyl groups excluding tert-OH is 1. The number of ketones is 1. The number of likely N-dealkylation sites (tertiary alicyclic amines) is 1. The summed E-state index contributed by atoms with van der Waals surface area (Å²) in [6.07, 6.45) is 2.39. The van der Waals surface area contributed by atoms with Crippen molar-refractivity contribution in [3.05, 3.63) is 105 Å². The van der Waals surface area contributed by atoms with Gasteiger partial charge in [0.05, 0.1) is 23.7 Å². The van der Waals surface area contributed by atoms with Crippen LogP contribution >= 0.6 is 23.2 Å². The fraction of sp³-hybridized carbons (Fsp3) is 0.226. The van der Waals surface area contributed by atoms with E-state index >= 15 is 0 Å². The number of aromatic amines is 1. The third-order valence-corrected chi connectivity index (χ3v) is 7.79. The van der Waals surface area contributed by atoms with E-state index in [9.17, 15) is 14.7 Å². The van der Waals surface area contributed by atoms with Crippen LogP contribution < -0.4 is 4.74 Å². The summed E-state index contributed by atoms with van der Waals surface area (Å²) in [5.41, 5.74) is 4.04. The summed E-state index contributed by atoms with van der Waals surface area (Å²) in [5, 5.41) is 12.9. The Labute approximate surface area is 236 Å². The Bertz CT molecular complexity index is 1600. The van der Waals surface area contributed by atoms with Gasteiger partial charge in [-0.2, -0.15) is 0 Å². The monoisotopic (exact) mass is 562 g/mol.